The maximum atomic E-state index is 11.9. The summed E-state index contributed by atoms with van der Waals surface area (Å²) in [5.41, 5.74) is 0.439. The lowest BCUT2D eigenvalue weighted by Gasteiger charge is -2.09. The van der Waals surface area contributed by atoms with E-state index in [9.17, 15) is 4.79 Å². The van der Waals surface area contributed by atoms with E-state index in [2.05, 4.69) is 30.9 Å². The minimum Gasteiger partial charge on any atom is -0.368 e. The molecule has 0 saturated heterocycles. The average molecular weight is 327 g/mol. The Kier molecular flexibility index (Phi) is 4.50. The van der Waals surface area contributed by atoms with Gasteiger partial charge in [-0.3, -0.25) is 4.79 Å². The normalized spacial score (nSPS) is 10.6. The molecule has 3 aromatic heterocycles. The van der Waals surface area contributed by atoms with E-state index in [1.165, 1.54) is 6.20 Å². The maximum absolute atomic E-state index is 11.9. The Balaban J connectivity index is 1.55. The smallest absolute Gasteiger partial charge is 0.256 e. The van der Waals surface area contributed by atoms with Gasteiger partial charge in [0.2, 0.25) is 0 Å². The molecule has 2 N–H and O–H groups in total. The number of hydrogen-bond acceptors (Lipinski definition) is 7. The first-order chi connectivity index (χ1) is 11.6. The van der Waals surface area contributed by atoms with Crippen molar-refractivity contribution in [3.05, 3.63) is 47.9 Å². The lowest BCUT2D eigenvalue weighted by molar-refractivity contribution is 0.0953. The Morgan fingerprint density at radius 3 is 2.88 bits per heavy atom. The number of aryl methyl sites for hydroxylation is 2. The molecule has 0 aromatic carbocycles. The van der Waals surface area contributed by atoms with Gasteiger partial charge >= 0.3 is 0 Å². The van der Waals surface area contributed by atoms with Crippen molar-refractivity contribution in [2.24, 2.45) is 0 Å². The summed E-state index contributed by atoms with van der Waals surface area (Å²) in [4.78, 5) is 20.6. The molecule has 124 valence electrons. The summed E-state index contributed by atoms with van der Waals surface area (Å²) in [6.07, 6.45) is 4.90. The molecule has 0 bridgehead atoms. The molecule has 3 rings (SSSR count). The first kappa shape index (κ1) is 15.7. The van der Waals surface area contributed by atoms with Crippen molar-refractivity contribution in [2.45, 2.75) is 13.8 Å². The zero-order chi connectivity index (χ0) is 16.9. The number of nitrogens with zero attached hydrogens (tertiary/aromatic N) is 5. The number of carbonyl (C=O) groups excluding carboxylic acids is 1. The second kappa shape index (κ2) is 6.90. The molecule has 0 saturated carbocycles. The predicted octanol–water partition coefficient (Wildman–Crippen LogP) is 1.11. The third-order valence-electron chi connectivity index (χ3n) is 3.28. The average Bonchev–Trinajstić information content (AvgIpc) is 3.22. The van der Waals surface area contributed by atoms with Crippen molar-refractivity contribution in [1.29, 1.82) is 0 Å². The highest BCUT2D eigenvalue weighted by Crippen LogP contribution is 2.10. The molecule has 0 unspecified atom stereocenters. The van der Waals surface area contributed by atoms with Crippen LogP contribution in [0.5, 0.6) is 0 Å². The Morgan fingerprint density at radius 1 is 1.29 bits per heavy atom. The van der Waals surface area contributed by atoms with Gasteiger partial charge in [-0.05, 0) is 19.9 Å². The van der Waals surface area contributed by atoms with Gasteiger partial charge in [-0.2, -0.15) is 5.10 Å². The number of aromatic nitrogens is 5. The van der Waals surface area contributed by atoms with E-state index >= 15 is 0 Å². The van der Waals surface area contributed by atoms with Crippen LogP contribution in [-0.4, -0.2) is 43.9 Å². The highest BCUT2D eigenvalue weighted by molar-refractivity contribution is 5.94. The maximum Gasteiger partial charge on any atom is 0.256 e. The molecule has 9 heteroatoms. The second-order valence-electron chi connectivity index (χ2n) is 5.09. The molecule has 0 spiro atoms. The number of carbonyl (C=O) groups is 1. The molecule has 9 nitrogen and oxygen atoms in total. The fraction of sp³-hybridized carbons (Fsp3) is 0.267. The van der Waals surface area contributed by atoms with Crippen molar-refractivity contribution in [3.8, 4) is 5.82 Å². The number of anilines is 1. The van der Waals surface area contributed by atoms with Crippen molar-refractivity contribution in [2.75, 3.05) is 18.4 Å². The van der Waals surface area contributed by atoms with E-state index in [1.54, 1.807) is 23.9 Å². The lowest BCUT2D eigenvalue weighted by atomic mass is 10.2. The van der Waals surface area contributed by atoms with Gasteiger partial charge in [-0.1, -0.05) is 5.16 Å². The number of amides is 1. The molecule has 24 heavy (non-hydrogen) atoms. The quantitative estimate of drug-likeness (QED) is 0.652. The number of nitrogens with one attached hydrogen (secondary N) is 2. The van der Waals surface area contributed by atoms with Crippen molar-refractivity contribution < 1.29 is 9.32 Å². The van der Waals surface area contributed by atoms with E-state index in [-0.39, 0.29) is 5.91 Å². The predicted molar refractivity (Wildman–Crippen MR) is 86.0 cm³/mol. The zero-order valence-electron chi connectivity index (χ0n) is 13.4. The monoisotopic (exact) mass is 327 g/mol. The third kappa shape index (κ3) is 3.57. The van der Waals surface area contributed by atoms with E-state index in [1.807, 2.05) is 19.2 Å². The van der Waals surface area contributed by atoms with Gasteiger partial charge in [0.15, 0.2) is 5.82 Å². The van der Waals surface area contributed by atoms with Crippen LogP contribution in [0.15, 0.2) is 35.2 Å². The molecular weight excluding hydrogens is 310 g/mol. The van der Waals surface area contributed by atoms with Crippen LogP contribution >= 0.6 is 0 Å². The fourth-order valence-corrected chi connectivity index (χ4v) is 2.14. The second-order valence-corrected chi connectivity index (χ2v) is 5.09. The van der Waals surface area contributed by atoms with E-state index in [4.69, 9.17) is 4.52 Å². The van der Waals surface area contributed by atoms with E-state index < -0.39 is 0 Å². The SMILES string of the molecule is Cc1nc(NCCNC(=O)c2cnoc2C)cc(-n2cccn2)n1. The van der Waals surface area contributed by atoms with Gasteiger partial charge in [0.05, 0.1) is 6.20 Å². The minimum atomic E-state index is -0.216. The Morgan fingerprint density at radius 2 is 2.17 bits per heavy atom. The van der Waals surface area contributed by atoms with Crippen molar-refractivity contribution in [1.82, 2.24) is 30.2 Å². The van der Waals surface area contributed by atoms with Crippen LogP contribution in [0, 0.1) is 13.8 Å². The molecular formula is C15H17N7O2. The minimum absolute atomic E-state index is 0.216. The molecule has 0 aliphatic rings. The highest BCUT2D eigenvalue weighted by atomic mass is 16.5. The summed E-state index contributed by atoms with van der Waals surface area (Å²) in [6.45, 7) is 4.46. The van der Waals surface area contributed by atoms with Crippen LogP contribution in [0.4, 0.5) is 5.82 Å². The first-order valence-corrected chi connectivity index (χ1v) is 7.42. The summed E-state index contributed by atoms with van der Waals surface area (Å²) in [7, 11) is 0. The summed E-state index contributed by atoms with van der Waals surface area (Å²) in [5, 5.41) is 13.7. The summed E-state index contributed by atoms with van der Waals surface area (Å²) < 4.78 is 6.53. The van der Waals surface area contributed by atoms with Crippen LogP contribution in [0.1, 0.15) is 21.9 Å². The van der Waals surface area contributed by atoms with Crippen LogP contribution < -0.4 is 10.6 Å². The van der Waals surface area contributed by atoms with Crippen molar-refractivity contribution in [3.63, 3.8) is 0 Å². The third-order valence-corrected chi connectivity index (χ3v) is 3.28. The molecule has 0 aliphatic heterocycles. The molecule has 0 radical (unpaired) electrons. The molecule has 0 fully saturated rings. The molecule has 0 aliphatic carbocycles. The first-order valence-electron chi connectivity index (χ1n) is 7.42. The van der Waals surface area contributed by atoms with Crippen LogP contribution in [0.25, 0.3) is 5.82 Å². The standard InChI is InChI=1S/C15H17N7O2/c1-10-12(9-19-24-10)15(23)17-6-5-16-13-8-14(21-11(2)20-13)22-7-3-4-18-22/h3-4,7-9H,5-6H2,1-2H3,(H,17,23)(H,16,20,21). The zero-order valence-corrected chi connectivity index (χ0v) is 13.4. The van der Waals surface area contributed by atoms with Crippen LogP contribution in [0.3, 0.4) is 0 Å². The Hall–Kier alpha value is -3.23. The van der Waals surface area contributed by atoms with Gasteiger partial charge < -0.3 is 15.2 Å². The number of rotatable bonds is 6. The van der Waals surface area contributed by atoms with Crippen LogP contribution in [-0.2, 0) is 0 Å². The van der Waals surface area contributed by atoms with Crippen molar-refractivity contribution >= 4 is 11.7 Å². The van der Waals surface area contributed by atoms with Gasteiger partial charge in [0.25, 0.3) is 5.91 Å². The molecule has 1 amide bonds. The van der Waals surface area contributed by atoms with Crippen LogP contribution in [0.2, 0.25) is 0 Å². The topological polar surface area (TPSA) is 111 Å². The Labute approximate surface area is 138 Å². The lowest BCUT2D eigenvalue weighted by Crippen LogP contribution is -2.29. The van der Waals surface area contributed by atoms with E-state index in [0.717, 1.165) is 0 Å². The molecule has 0 atom stereocenters. The van der Waals surface area contributed by atoms with Gasteiger partial charge in [0, 0.05) is 31.5 Å². The summed E-state index contributed by atoms with van der Waals surface area (Å²) in [5.74, 6) is 2.26. The molecule has 3 aromatic rings. The summed E-state index contributed by atoms with van der Waals surface area (Å²) in [6, 6.07) is 3.62. The van der Waals surface area contributed by atoms with Gasteiger partial charge in [0.1, 0.15) is 23.0 Å². The van der Waals surface area contributed by atoms with Gasteiger partial charge in [-0.25, -0.2) is 14.6 Å². The fourth-order valence-electron chi connectivity index (χ4n) is 2.14. The molecule has 3 heterocycles. The summed E-state index contributed by atoms with van der Waals surface area (Å²) >= 11 is 0. The largest absolute Gasteiger partial charge is 0.368 e. The highest BCUT2D eigenvalue weighted by Gasteiger charge is 2.11. The van der Waals surface area contributed by atoms with E-state index in [0.29, 0.717) is 41.9 Å². The van der Waals surface area contributed by atoms with Gasteiger partial charge in [-0.15, -0.1) is 0 Å². The Bertz CT molecular complexity index is 826. The number of hydrogen-bond donors (Lipinski definition) is 2.